The molecule has 1 aromatic heterocycles. The number of benzene rings is 2. The molecule has 31 heavy (non-hydrogen) atoms. The fraction of sp³-hybridized carbons (Fsp3) is 0.364. The monoisotopic (exact) mass is 456 g/mol. The van der Waals surface area contributed by atoms with E-state index in [0.29, 0.717) is 24.8 Å². The van der Waals surface area contributed by atoms with Crippen LogP contribution in [0.5, 0.6) is 0 Å². The average Bonchev–Trinajstić information content (AvgIpc) is 3.29. The van der Waals surface area contributed by atoms with E-state index in [4.69, 9.17) is 0 Å². The van der Waals surface area contributed by atoms with Crippen LogP contribution in [-0.2, 0) is 15.4 Å². The average molecular weight is 457 g/mol. The number of carbonyl (C=O) groups excluding carboxylic acids is 1. The van der Waals surface area contributed by atoms with E-state index in [2.05, 4.69) is 10.3 Å². The summed E-state index contributed by atoms with van der Waals surface area (Å²) in [5, 5.41) is 3.55. The number of carbonyl (C=O) groups is 1. The van der Waals surface area contributed by atoms with Crippen LogP contribution in [0, 0.1) is 6.92 Å². The standard InChI is InChI=1S/C22H24N4O3S2/c1-15-6-5-9-18-19(15)23-20(30-18)24-21(27)25-12-10-22(11-13-25)14-26(31(2,28)29)17-8-4-3-7-16(17)22/h3-9H,10-14H2,1-2H3,(H,23,24,27). The van der Waals surface area contributed by atoms with Gasteiger partial charge < -0.3 is 4.90 Å². The first-order chi connectivity index (χ1) is 14.8. The number of rotatable bonds is 2. The van der Waals surface area contributed by atoms with Crippen LogP contribution in [0.15, 0.2) is 42.5 Å². The fourth-order valence-electron chi connectivity index (χ4n) is 4.76. The summed E-state index contributed by atoms with van der Waals surface area (Å²) in [4.78, 5) is 19.2. The number of aryl methyl sites for hydroxylation is 1. The van der Waals surface area contributed by atoms with Gasteiger partial charge in [0, 0.05) is 25.0 Å². The van der Waals surface area contributed by atoms with E-state index in [9.17, 15) is 13.2 Å². The Morgan fingerprint density at radius 2 is 1.87 bits per heavy atom. The number of aromatic nitrogens is 1. The highest BCUT2D eigenvalue weighted by molar-refractivity contribution is 7.92. The number of hydrogen-bond acceptors (Lipinski definition) is 5. The van der Waals surface area contributed by atoms with Crippen LogP contribution in [0.4, 0.5) is 15.6 Å². The SMILES string of the molecule is Cc1cccc2sc(NC(=O)N3CCC4(CC3)CN(S(C)(=O)=O)c3ccccc34)nc12. The van der Waals surface area contributed by atoms with Gasteiger partial charge in [0.15, 0.2) is 5.13 Å². The lowest BCUT2D eigenvalue weighted by Gasteiger charge is -2.39. The first-order valence-corrected chi connectivity index (χ1v) is 12.9. The van der Waals surface area contributed by atoms with E-state index in [1.807, 2.05) is 49.4 Å². The number of fused-ring (bicyclic) bond motifs is 3. The molecule has 1 fully saturated rings. The minimum absolute atomic E-state index is 0.155. The number of anilines is 2. The van der Waals surface area contributed by atoms with Gasteiger partial charge in [0.25, 0.3) is 0 Å². The zero-order valence-corrected chi connectivity index (χ0v) is 19.1. The molecule has 0 bridgehead atoms. The molecule has 3 aromatic rings. The second-order valence-corrected chi connectivity index (χ2v) is 11.4. The summed E-state index contributed by atoms with van der Waals surface area (Å²) in [7, 11) is -3.34. The normalized spacial score (nSPS) is 17.9. The van der Waals surface area contributed by atoms with Crippen molar-refractivity contribution < 1.29 is 13.2 Å². The maximum atomic E-state index is 12.9. The van der Waals surface area contributed by atoms with E-state index in [-0.39, 0.29) is 11.4 Å². The lowest BCUT2D eigenvalue weighted by atomic mass is 9.74. The van der Waals surface area contributed by atoms with Gasteiger partial charge in [0.1, 0.15) is 0 Å². The second kappa shape index (κ2) is 7.20. The third kappa shape index (κ3) is 3.45. The van der Waals surface area contributed by atoms with Crippen molar-refractivity contribution in [3.8, 4) is 0 Å². The van der Waals surface area contributed by atoms with Crippen molar-refractivity contribution in [2.45, 2.75) is 25.2 Å². The van der Waals surface area contributed by atoms with Crippen LogP contribution in [0.1, 0.15) is 24.0 Å². The third-order valence-electron chi connectivity index (χ3n) is 6.43. The van der Waals surface area contributed by atoms with Gasteiger partial charge in [-0.2, -0.15) is 0 Å². The lowest BCUT2D eigenvalue weighted by molar-refractivity contribution is 0.173. The van der Waals surface area contributed by atoms with Crippen LogP contribution in [0.2, 0.25) is 0 Å². The minimum Gasteiger partial charge on any atom is -0.324 e. The molecule has 5 rings (SSSR count). The summed E-state index contributed by atoms with van der Waals surface area (Å²) in [6.07, 6.45) is 2.70. The number of urea groups is 1. The number of nitrogens with one attached hydrogen (secondary N) is 1. The molecule has 0 saturated carbocycles. The molecule has 0 aliphatic carbocycles. The number of amides is 2. The summed E-state index contributed by atoms with van der Waals surface area (Å²) >= 11 is 1.47. The number of piperidine rings is 1. The van der Waals surface area contributed by atoms with Crippen molar-refractivity contribution in [3.05, 3.63) is 53.6 Å². The number of thiazole rings is 1. The lowest BCUT2D eigenvalue weighted by Crippen LogP contribution is -2.48. The highest BCUT2D eigenvalue weighted by Gasteiger charge is 2.47. The Bertz CT molecular complexity index is 1280. The van der Waals surface area contributed by atoms with Crippen LogP contribution in [0.3, 0.4) is 0 Å². The molecule has 2 aromatic carbocycles. The third-order valence-corrected chi connectivity index (χ3v) is 8.50. The summed E-state index contributed by atoms with van der Waals surface area (Å²) < 4.78 is 27.3. The smallest absolute Gasteiger partial charge is 0.323 e. The van der Waals surface area contributed by atoms with Crippen LogP contribution < -0.4 is 9.62 Å². The van der Waals surface area contributed by atoms with Crippen LogP contribution in [0.25, 0.3) is 10.2 Å². The Labute approximate surface area is 185 Å². The molecule has 0 atom stereocenters. The summed E-state index contributed by atoms with van der Waals surface area (Å²) in [5.41, 5.74) is 3.60. The molecule has 0 radical (unpaired) electrons. The van der Waals surface area contributed by atoms with Gasteiger partial charge in [-0.1, -0.05) is 41.7 Å². The first-order valence-electron chi connectivity index (χ1n) is 10.3. The molecular formula is C22H24N4O3S2. The molecule has 1 saturated heterocycles. The van der Waals surface area contributed by atoms with Gasteiger partial charge in [-0.25, -0.2) is 18.2 Å². The summed E-state index contributed by atoms with van der Waals surface area (Å²) in [6.45, 7) is 3.60. The summed E-state index contributed by atoms with van der Waals surface area (Å²) in [5.74, 6) is 0. The molecule has 0 unspecified atom stereocenters. The van der Waals surface area contributed by atoms with E-state index in [1.54, 1.807) is 4.90 Å². The molecule has 2 amide bonds. The Balaban J connectivity index is 1.32. The van der Waals surface area contributed by atoms with Crippen molar-refractivity contribution in [1.82, 2.24) is 9.88 Å². The number of sulfonamides is 1. The maximum absolute atomic E-state index is 12.9. The molecule has 2 aliphatic heterocycles. The van der Waals surface area contributed by atoms with Gasteiger partial charge in [-0.05, 0) is 43.0 Å². The van der Waals surface area contributed by atoms with Gasteiger partial charge in [-0.15, -0.1) is 0 Å². The molecule has 162 valence electrons. The number of para-hydroxylation sites is 2. The Hall–Kier alpha value is -2.65. The van der Waals surface area contributed by atoms with Gasteiger partial charge >= 0.3 is 6.03 Å². The molecule has 3 heterocycles. The van der Waals surface area contributed by atoms with E-state index in [0.717, 1.165) is 39.9 Å². The molecule has 1 N–H and O–H groups in total. The number of nitrogens with zero attached hydrogens (tertiary/aromatic N) is 3. The number of hydrogen-bond donors (Lipinski definition) is 1. The van der Waals surface area contributed by atoms with Crippen molar-refractivity contribution in [2.24, 2.45) is 0 Å². The van der Waals surface area contributed by atoms with Crippen molar-refractivity contribution in [1.29, 1.82) is 0 Å². The quantitative estimate of drug-likeness (QED) is 0.633. The Kier molecular flexibility index (Phi) is 4.71. The summed E-state index contributed by atoms with van der Waals surface area (Å²) in [6, 6.07) is 13.6. The van der Waals surface area contributed by atoms with Crippen LogP contribution >= 0.6 is 11.3 Å². The highest BCUT2D eigenvalue weighted by atomic mass is 32.2. The van der Waals surface area contributed by atoms with Crippen molar-refractivity contribution in [3.63, 3.8) is 0 Å². The first kappa shape index (κ1) is 20.3. The van der Waals surface area contributed by atoms with Gasteiger partial charge in [0.05, 0.1) is 22.2 Å². The molecular weight excluding hydrogens is 432 g/mol. The van der Waals surface area contributed by atoms with Crippen molar-refractivity contribution >= 4 is 48.4 Å². The van der Waals surface area contributed by atoms with E-state index < -0.39 is 10.0 Å². The Morgan fingerprint density at radius 1 is 1.13 bits per heavy atom. The van der Waals surface area contributed by atoms with E-state index in [1.165, 1.54) is 21.9 Å². The number of likely N-dealkylation sites (tertiary alicyclic amines) is 1. The highest BCUT2D eigenvalue weighted by Crippen LogP contribution is 2.47. The molecule has 1 spiro atoms. The van der Waals surface area contributed by atoms with Gasteiger partial charge in [0.2, 0.25) is 10.0 Å². The molecule has 9 heteroatoms. The largest absolute Gasteiger partial charge is 0.324 e. The maximum Gasteiger partial charge on any atom is 0.323 e. The zero-order chi connectivity index (χ0) is 21.8. The van der Waals surface area contributed by atoms with Crippen molar-refractivity contribution in [2.75, 3.05) is 35.5 Å². The minimum atomic E-state index is -3.34. The Morgan fingerprint density at radius 3 is 2.58 bits per heavy atom. The van der Waals surface area contributed by atoms with E-state index >= 15 is 0 Å². The predicted octanol–water partition coefficient (Wildman–Crippen LogP) is 3.95. The molecule has 7 nitrogen and oxygen atoms in total. The topological polar surface area (TPSA) is 82.6 Å². The fourth-order valence-corrected chi connectivity index (χ4v) is 6.69. The second-order valence-electron chi connectivity index (χ2n) is 8.42. The van der Waals surface area contributed by atoms with Gasteiger partial charge in [-0.3, -0.25) is 9.62 Å². The predicted molar refractivity (Wildman–Crippen MR) is 124 cm³/mol. The van der Waals surface area contributed by atoms with Crippen LogP contribution in [-0.4, -0.2) is 50.2 Å². The zero-order valence-electron chi connectivity index (χ0n) is 17.5. The molecule has 2 aliphatic rings.